The van der Waals surface area contributed by atoms with Crippen LogP contribution in [0.25, 0.3) is 0 Å². The highest BCUT2D eigenvalue weighted by molar-refractivity contribution is 5.88. The molecule has 0 unspecified atom stereocenters. The zero-order valence-corrected chi connectivity index (χ0v) is 16.7. The number of carbonyl (C=O) groups excluding carboxylic acids is 3. The zero-order valence-electron chi connectivity index (χ0n) is 16.7. The van der Waals surface area contributed by atoms with E-state index in [-0.39, 0.29) is 17.9 Å². The van der Waals surface area contributed by atoms with Gasteiger partial charge in [0.1, 0.15) is 12.1 Å². The van der Waals surface area contributed by atoms with E-state index in [9.17, 15) is 14.4 Å². The van der Waals surface area contributed by atoms with Crippen molar-refractivity contribution < 1.29 is 23.9 Å². The van der Waals surface area contributed by atoms with Crippen LogP contribution in [-0.4, -0.2) is 85.2 Å². The summed E-state index contributed by atoms with van der Waals surface area (Å²) in [6, 6.07) is 7.06. The Balaban J connectivity index is 1.47. The van der Waals surface area contributed by atoms with E-state index in [1.807, 2.05) is 24.3 Å². The van der Waals surface area contributed by atoms with E-state index in [0.717, 1.165) is 24.0 Å². The first-order valence-electron chi connectivity index (χ1n) is 10.2. The van der Waals surface area contributed by atoms with Crippen LogP contribution in [0.15, 0.2) is 24.3 Å². The molecule has 8 nitrogen and oxygen atoms in total. The quantitative estimate of drug-likeness (QED) is 0.744. The topological polar surface area (TPSA) is 79.4 Å². The Morgan fingerprint density at radius 3 is 2.34 bits per heavy atom. The van der Waals surface area contributed by atoms with Crippen LogP contribution in [0.2, 0.25) is 0 Å². The smallest absolute Gasteiger partial charge is 0.410 e. The second-order valence-corrected chi connectivity index (χ2v) is 7.67. The lowest BCUT2D eigenvalue weighted by molar-refractivity contribution is -0.147. The Morgan fingerprint density at radius 1 is 1.00 bits per heavy atom. The van der Waals surface area contributed by atoms with Gasteiger partial charge in [-0.1, -0.05) is 24.3 Å². The first kappa shape index (κ1) is 19.7. The molecule has 3 aliphatic heterocycles. The summed E-state index contributed by atoms with van der Waals surface area (Å²) in [5.41, 5.74) is 1.94. The zero-order chi connectivity index (χ0) is 20.4. The molecule has 0 spiro atoms. The van der Waals surface area contributed by atoms with Crippen LogP contribution < -0.4 is 0 Å². The van der Waals surface area contributed by atoms with Gasteiger partial charge in [0, 0.05) is 39.3 Å². The van der Waals surface area contributed by atoms with Crippen molar-refractivity contribution in [1.29, 1.82) is 0 Å². The third-order valence-electron chi connectivity index (χ3n) is 6.03. The van der Waals surface area contributed by atoms with Crippen LogP contribution in [-0.2, 0) is 25.5 Å². The third-order valence-corrected chi connectivity index (χ3v) is 6.03. The molecule has 156 valence electrons. The number of ether oxygens (including phenoxy) is 2. The lowest BCUT2D eigenvalue weighted by Crippen LogP contribution is -2.56. The Kier molecular flexibility index (Phi) is 5.71. The molecule has 1 aromatic carbocycles. The average molecular weight is 401 g/mol. The van der Waals surface area contributed by atoms with Gasteiger partial charge < -0.3 is 19.3 Å². The summed E-state index contributed by atoms with van der Waals surface area (Å²) < 4.78 is 10.4. The van der Waals surface area contributed by atoms with E-state index in [2.05, 4.69) is 0 Å². The van der Waals surface area contributed by atoms with E-state index < -0.39 is 12.1 Å². The molecular weight excluding hydrogens is 374 g/mol. The highest BCUT2D eigenvalue weighted by Gasteiger charge is 2.40. The van der Waals surface area contributed by atoms with Crippen molar-refractivity contribution in [1.82, 2.24) is 14.7 Å². The minimum Gasteiger partial charge on any atom is -0.453 e. The number of hydrogen-bond acceptors (Lipinski definition) is 5. The molecular formula is C21H27N3O5. The number of benzene rings is 1. The summed E-state index contributed by atoms with van der Waals surface area (Å²) in [7, 11) is 1.33. The predicted molar refractivity (Wildman–Crippen MR) is 104 cm³/mol. The first-order chi connectivity index (χ1) is 14.1. The second kappa shape index (κ2) is 8.41. The van der Waals surface area contributed by atoms with Crippen LogP contribution in [0.4, 0.5) is 4.79 Å². The Hall–Kier alpha value is -2.61. The van der Waals surface area contributed by atoms with Crippen molar-refractivity contribution in [2.75, 3.05) is 46.4 Å². The van der Waals surface area contributed by atoms with Crippen LogP contribution in [0, 0.1) is 0 Å². The molecule has 0 aromatic heterocycles. The van der Waals surface area contributed by atoms with Gasteiger partial charge in [0.15, 0.2) is 0 Å². The minimum absolute atomic E-state index is 0.0220. The summed E-state index contributed by atoms with van der Waals surface area (Å²) in [5.74, 6) is -0.0967. The van der Waals surface area contributed by atoms with E-state index in [4.69, 9.17) is 9.47 Å². The van der Waals surface area contributed by atoms with Gasteiger partial charge in [0.25, 0.3) is 5.91 Å². The van der Waals surface area contributed by atoms with Gasteiger partial charge in [-0.3, -0.25) is 14.5 Å². The first-order valence-corrected chi connectivity index (χ1v) is 10.2. The van der Waals surface area contributed by atoms with Crippen LogP contribution in [0.1, 0.15) is 30.0 Å². The van der Waals surface area contributed by atoms with Crippen molar-refractivity contribution in [2.45, 2.75) is 31.4 Å². The number of amides is 3. The van der Waals surface area contributed by atoms with Crippen molar-refractivity contribution in [3.63, 3.8) is 0 Å². The molecule has 0 aliphatic carbocycles. The summed E-state index contributed by atoms with van der Waals surface area (Å²) >= 11 is 0. The second-order valence-electron chi connectivity index (χ2n) is 7.67. The van der Waals surface area contributed by atoms with E-state index in [1.54, 1.807) is 9.80 Å². The number of nitrogens with zero attached hydrogens (tertiary/aromatic N) is 3. The molecule has 29 heavy (non-hydrogen) atoms. The Morgan fingerprint density at radius 2 is 1.69 bits per heavy atom. The molecule has 0 saturated carbocycles. The molecule has 4 rings (SSSR count). The number of fused-ring (bicyclic) bond motifs is 1. The predicted octanol–water partition coefficient (Wildman–Crippen LogP) is 1.20. The van der Waals surface area contributed by atoms with Crippen molar-refractivity contribution in [3.05, 3.63) is 35.4 Å². The molecule has 8 heteroatoms. The van der Waals surface area contributed by atoms with Gasteiger partial charge >= 0.3 is 6.09 Å². The normalized spacial score (nSPS) is 24.2. The molecule has 3 amide bonds. The maximum atomic E-state index is 13.4. The molecule has 3 heterocycles. The van der Waals surface area contributed by atoms with Gasteiger partial charge in [0.05, 0.1) is 7.11 Å². The van der Waals surface area contributed by atoms with Crippen LogP contribution in [0.5, 0.6) is 0 Å². The molecule has 0 radical (unpaired) electrons. The van der Waals surface area contributed by atoms with Gasteiger partial charge in [0.2, 0.25) is 5.91 Å². The lowest BCUT2D eigenvalue weighted by atomic mass is 9.92. The molecule has 2 saturated heterocycles. The van der Waals surface area contributed by atoms with Crippen LogP contribution in [0.3, 0.4) is 0 Å². The fraction of sp³-hybridized carbons (Fsp3) is 0.571. The third kappa shape index (κ3) is 3.81. The van der Waals surface area contributed by atoms with E-state index in [1.165, 1.54) is 12.0 Å². The fourth-order valence-corrected chi connectivity index (χ4v) is 4.44. The lowest BCUT2D eigenvalue weighted by Gasteiger charge is -2.41. The number of rotatable bonds is 2. The number of methoxy groups -OCH3 is 1. The number of piperazine rings is 1. The highest BCUT2D eigenvalue weighted by Crippen LogP contribution is 2.32. The summed E-state index contributed by atoms with van der Waals surface area (Å²) in [6.45, 7) is 2.95. The minimum atomic E-state index is -0.687. The fourth-order valence-electron chi connectivity index (χ4n) is 4.44. The monoisotopic (exact) mass is 401 g/mol. The largest absolute Gasteiger partial charge is 0.453 e. The molecule has 3 aliphatic rings. The van der Waals surface area contributed by atoms with E-state index in [0.29, 0.717) is 45.8 Å². The number of hydrogen-bond donors (Lipinski definition) is 0. The Labute approximate surface area is 170 Å². The molecule has 0 N–H and O–H groups in total. The Bertz CT molecular complexity index is 784. The summed E-state index contributed by atoms with van der Waals surface area (Å²) in [5, 5.41) is 0. The van der Waals surface area contributed by atoms with Gasteiger partial charge in [-0.15, -0.1) is 0 Å². The van der Waals surface area contributed by atoms with Crippen molar-refractivity contribution in [2.24, 2.45) is 0 Å². The van der Waals surface area contributed by atoms with Gasteiger partial charge in [-0.25, -0.2) is 4.79 Å². The standard InChI is InChI=1S/C21H27N3O5/c1-28-21(27)24-9-8-15-5-2-3-6-16(15)18(24)20(26)23-12-10-22(11-13-23)19(25)17-7-4-14-29-17/h2-3,5-6,17-18H,4,7-14H2,1H3/t17-,18-/m0/s1. The van der Waals surface area contributed by atoms with Crippen molar-refractivity contribution >= 4 is 17.9 Å². The van der Waals surface area contributed by atoms with Gasteiger partial charge in [-0.2, -0.15) is 0 Å². The van der Waals surface area contributed by atoms with Crippen LogP contribution >= 0.6 is 0 Å². The van der Waals surface area contributed by atoms with Crippen molar-refractivity contribution in [3.8, 4) is 0 Å². The number of carbonyl (C=O) groups is 3. The SMILES string of the molecule is COC(=O)N1CCc2ccccc2[C@H]1C(=O)N1CCN(C(=O)[C@@H]2CCCO2)CC1. The summed E-state index contributed by atoms with van der Waals surface area (Å²) in [6.07, 6.45) is 1.55. The molecule has 1 aromatic rings. The van der Waals surface area contributed by atoms with E-state index >= 15 is 0 Å². The average Bonchev–Trinajstić information content (AvgIpc) is 3.32. The maximum Gasteiger partial charge on any atom is 0.410 e. The maximum absolute atomic E-state index is 13.4. The molecule has 2 atom stereocenters. The van der Waals surface area contributed by atoms with Gasteiger partial charge in [-0.05, 0) is 30.4 Å². The summed E-state index contributed by atoms with van der Waals surface area (Å²) in [4.78, 5) is 43.4. The molecule has 0 bridgehead atoms. The highest BCUT2D eigenvalue weighted by atomic mass is 16.5. The molecule has 2 fully saturated rings.